The lowest BCUT2D eigenvalue weighted by Crippen LogP contribution is -2.19. The van der Waals surface area contributed by atoms with Crippen molar-refractivity contribution in [1.29, 1.82) is 0 Å². The lowest BCUT2D eigenvalue weighted by Gasteiger charge is -2.11. The van der Waals surface area contributed by atoms with Gasteiger partial charge in [-0.05, 0) is 30.9 Å². The fourth-order valence-corrected chi connectivity index (χ4v) is 4.14. The summed E-state index contributed by atoms with van der Waals surface area (Å²) in [5.41, 5.74) is 1.98. The topological polar surface area (TPSA) is 51.2 Å². The number of hydrogen-bond donors (Lipinski definition) is 0. The van der Waals surface area contributed by atoms with E-state index in [0.29, 0.717) is 6.42 Å². The van der Waals surface area contributed by atoms with Crippen molar-refractivity contribution >= 4 is 15.6 Å². The first kappa shape index (κ1) is 11.3. The van der Waals surface area contributed by atoms with E-state index in [2.05, 4.69) is 0 Å². The molecule has 16 heavy (non-hydrogen) atoms. The van der Waals surface area contributed by atoms with E-state index in [1.165, 1.54) is 6.92 Å². The molecule has 2 rings (SSSR count). The molecule has 1 aliphatic rings. The minimum Gasteiger partial charge on any atom is -0.299 e. The van der Waals surface area contributed by atoms with Crippen LogP contribution in [-0.2, 0) is 21.1 Å². The highest BCUT2D eigenvalue weighted by Gasteiger charge is 2.33. The van der Waals surface area contributed by atoms with Gasteiger partial charge in [-0.25, -0.2) is 8.42 Å². The van der Waals surface area contributed by atoms with Crippen LogP contribution >= 0.6 is 0 Å². The maximum atomic E-state index is 12.0. The minimum absolute atomic E-state index is 0.288. The van der Waals surface area contributed by atoms with Gasteiger partial charge in [0.2, 0.25) is 0 Å². The van der Waals surface area contributed by atoms with Gasteiger partial charge < -0.3 is 0 Å². The summed E-state index contributed by atoms with van der Waals surface area (Å²) in [6.45, 7) is 1.32. The third-order valence-electron chi connectivity index (χ3n) is 2.92. The maximum Gasteiger partial charge on any atom is 0.164 e. The van der Waals surface area contributed by atoms with Gasteiger partial charge in [0.1, 0.15) is 11.5 Å². The Balaban J connectivity index is 2.35. The normalized spacial score (nSPS) is 19.4. The molecule has 0 saturated heterocycles. The van der Waals surface area contributed by atoms with Crippen LogP contribution in [0.25, 0.3) is 0 Å². The molecular weight excluding hydrogens is 224 g/mol. The Kier molecular flexibility index (Phi) is 2.84. The van der Waals surface area contributed by atoms with E-state index in [1.54, 1.807) is 0 Å². The van der Waals surface area contributed by atoms with Crippen molar-refractivity contribution in [3.05, 3.63) is 35.4 Å². The van der Waals surface area contributed by atoms with Gasteiger partial charge in [0, 0.05) is 0 Å². The molecule has 0 N–H and O–H groups in total. The minimum atomic E-state index is -3.32. The van der Waals surface area contributed by atoms with Gasteiger partial charge in [0.15, 0.2) is 9.84 Å². The molecule has 1 atom stereocenters. The number of Topliss-reactive ketones (excluding diaryl/α,β-unsaturated/α-hetero) is 1. The van der Waals surface area contributed by atoms with Gasteiger partial charge in [-0.2, -0.15) is 0 Å². The molecule has 1 aliphatic carbocycles. The second kappa shape index (κ2) is 4.01. The highest BCUT2D eigenvalue weighted by Crippen LogP contribution is 2.37. The smallest absolute Gasteiger partial charge is 0.164 e. The van der Waals surface area contributed by atoms with Gasteiger partial charge in [0.25, 0.3) is 0 Å². The number of fused-ring (bicyclic) bond motifs is 1. The fourth-order valence-electron chi connectivity index (χ4n) is 2.27. The lowest BCUT2D eigenvalue weighted by atomic mass is 10.1. The summed E-state index contributed by atoms with van der Waals surface area (Å²) < 4.78 is 24.0. The van der Waals surface area contributed by atoms with Gasteiger partial charge in [0.05, 0.1) is 5.25 Å². The second-order valence-corrected chi connectivity index (χ2v) is 6.42. The summed E-state index contributed by atoms with van der Waals surface area (Å²) >= 11 is 0. The molecule has 0 heterocycles. The van der Waals surface area contributed by atoms with E-state index in [4.69, 9.17) is 0 Å². The van der Waals surface area contributed by atoms with Crippen LogP contribution in [0.5, 0.6) is 0 Å². The number of aryl methyl sites for hydroxylation is 1. The Morgan fingerprint density at radius 3 is 2.75 bits per heavy atom. The van der Waals surface area contributed by atoms with E-state index in [1.807, 2.05) is 24.3 Å². The summed E-state index contributed by atoms with van der Waals surface area (Å²) in [6, 6.07) is 7.57. The lowest BCUT2D eigenvalue weighted by molar-refractivity contribution is -0.114. The molecule has 1 aromatic carbocycles. The Labute approximate surface area is 95.4 Å². The molecule has 0 aromatic heterocycles. The highest BCUT2D eigenvalue weighted by molar-refractivity contribution is 7.92. The molecular formula is C12H14O3S. The zero-order chi connectivity index (χ0) is 11.8. The Bertz CT molecular complexity index is 517. The van der Waals surface area contributed by atoms with Crippen LogP contribution in [0.15, 0.2) is 24.3 Å². The van der Waals surface area contributed by atoms with Crippen molar-refractivity contribution in [1.82, 2.24) is 0 Å². The van der Waals surface area contributed by atoms with Crippen LogP contribution < -0.4 is 0 Å². The van der Waals surface area contributed by atoms with Gasteiger partial charge >= 0.3 is 0 Å². The van der Waals surface area contributed by atoms with E-state index >= 15 is 0 Å². The number of carbonyl (C=O) groups is 1. The summed E-state index contributed by atoms with van der Waals surface area (Å²) in [5.74, 6) is -0.629. The Hall–Kier alpha value is -1.16. The molecule has 1 aromatic rings. The molecule has 0 saturated carbocycles. The summed E-state index contributed by atoms with van der Waals surface area (Å²) in [4.78, 5) is 10.9. The average Bonchev–Trinajstić information content (AvgIpc) is 2.59. The molecule has 86 valence electrons. The molecule has 0 bridgehead atoms. The van der Waals surface area contributed by atoms with Crippen molar-refractivity contribution in [2.24, 2.45) is 0 Å². The Morgan fingerprint density at radius 2 is 2.06 bits per heavy atom. The first-order valence-corrected chi connectivity index (χ1v) is 7.01. The number of carbonyl (C=O) groups excluding carboxylic acids is 1. The average molecular weight is 238 g/mol. The first-order valence-electron chi connectivity index (χ1n) is 5.29. The van der Waals surface area contributed by atoms with Crippen LogP contribution in [0.4, 0.5) is 0 Å². The maximum absolute atomic E-state index is 12.0. The fraction of sp³-hybridized carbons (Fsp3) is 0.417. The molecule has 0 radical (unpaired) electrons. The molecule has 3 nitrogen and oxygen atoms in total. The monoisotopic (exact) mass is 238 g/mol. The molecule has 0 fully saturated rings. The third-order valence-corrected chi connectivity index (χ3v) is 5.08. The quantitative estimate of drug-likeness (QED) is 0.805. The van der Waals surface area contributed by atoms with Crippen LogP contribution in [-0.4, -0.2) is 20.0 Å². The largest absolute Gasteiger partial charge is 0.299 e. The van der Waals surface area contributed by atoms with E-state index in [0.717, 1.165) is 17.5 Å². The summed E-state index contributed by atoms with van der Waals surface area (Å²) in [5, 5.41) is -0.479. The molecule has 0 spiro atoms. The van der Waals surface area contributed by atoms with Crippen molar-refractivity contribution < 1.29 is 13.2 Å². The summed E-state index contributed by atoms with van der Waals surface area (Å²) in [6.07, 6.45) is 1.40. The predicted octanol–water partition coefficient (Wildman–Crippen LogP) is 1.68. The number of ketones is 1. The zero-order valence-electron chi connectivity index (χ0n) is 9.14. The molecule has 0 amide bonds. The number of rotatable bonds is 3. The summed E-state index contributed by atoms with van der Waals surface area (Å²) in [7, 11) is -3.32. The van der Waals surface area contributed by atoms with Crippen LogP contribution in [0.2, 0.25) is 0 Å². The van der Waals surface area contributed by atoms with Gasteiger partial charge in [-0.3, -0.25) is 4.79 Å². The van der Waals surface area contributed by atoms with Crippen LogP contribution in [0.3, 0.4) is 0 Å². The van der Waals surface area contributed by atoms with Crippen LogP contribution in [0, 0.1) is 0 Å². The van der Waals surface area contributed by atoms with E-state index in [-0.39, 0.29) is 11.5 Å². The van der Waals surface area contributed by atoms with Crippen molar-refractivity contribution in [3.63, 3.8) is 0 Å². The molecule has 4 heteroatoms. The number of benzene rings is 1. The number of hydrogen-bond acceptors (Lipinski definition) is 3. The highest BCUT2D eigenvalue weighted by atomic mass is 32.2. The van der Waals surface area contributed by atoms with E-state index < -0.39 is 15.1 Å². The predicted molar refractivity (Wildman–Crippen MR) is 62.0 cm³/mol. The second-order valence-electron chi connectivity index (χ2n) is 4.24. The van der Waals surface area contributed by atoms with Crippen molar-refractivity contribution in [3.8, 4) is 0 Å². The van der Waals surface area contributed by atoms with E-state index in [9.17, 15) is 13.2 Å². The zero-order valence-corrected chi connectivity index (χ0v) is 9.96. The molecule has 0 aliphatic heterocycles. The molecule has 1 unspecified atom stereocenters. The first-order chi connectivity index (χ1) is 7.50. The Morgan fingerprint density at radius 1 is 1.38 bits per heavy atom. The van der Waals surface area contributed by atoms with Crippen LogP contribution in [0.1, 0.15) is 29.7 Å². The van der Waals surface area contributed by atoms with Crippen molar-refractivity contribution in [2.45, 2.75) is 25.0 Å². The third kappa shape index (κ3) is 2.02. The number of sulfone groups is 1. The van der Waals surface area contributed by atoms with Crippen molar-refractivity contribution in [2.75, 3.05) is 5.75 Å². The van der Waals surface area contributed by atoms with Gasteiger partial charge in [-0.1, -0.05) is 24.3 Å². The standard InChI is InChI=1S/C12H14O3S/c1-9(13)8-16(14,15)12-7-6-10-4-2-3-5-11(10)12/h2-5,12H,6-8H2,1H3. The SMILES string of the molecule is CC(=O)CS(=O)(=O)C1CCc2ccccc21. The van der Waals surface area contributed by atoms with Gasteiger partial charge in [-0.15, -0.1) is 0 Å².